The Balaban J connectivity index is 1.27. The molecule has 0 spiro atoms. The summed E-state index contributed by atoms with van der Waals surface area (Å²) in [6.07, 6.45) is 2.39. The van der Waals surface area contributed by atoms with Crippen LogP contribution in [0.15, 0.2) is 41.3 Å². The van der Waals surface area contributed by atoms with Crippen molar-refractivity contribution in [3.8, 4) is 11.5 Å². The van der Waals surface area contributed by atoms with Crippen LogP contribution in [0.3, 0.4) is 0 Å². The minimum Gasteiger partial charge on any atom is -0.454 e. The summed E-state index contributed by atoms with van der Waals surface area (Å²) in [6, 6.07) is 10.3. The van der Waals surface area contributed by atoms with Crippen molar-refractivity contribution in [1.29, 1.82) is 0 Å². The summed E-state index contributed by atoms with van der Waals surface area (Å²) < 4.78 is 38.5. The molecule has 0 saturated carbocycles. The van der Waals surface area contributed by atoms with E-state index in [4.69, 9.17) is 9.47 Å². The molecule has 35 heavy (non-hydrogen) atoms. The fraction of sp³-hybridized carbons (Fsp3) is 0.440. The Hall–Kier alpha value is -3.11. The SMILES string of the molecule is CC1CCN(S(=O)(=O)c2ccc3c(c2)CCC(=O)N3CC(=O)NCc2ccc3c(c2)OCO3)CC1. The number of carbonyl (C=O) groups excluding carboxylic acids is 2. The summed E-state index contributed by atoms with van der Waals surface area (Å²) in [7, 11) is -3.59. The maximum atomic E-state index is 13.2. The van der Waals surface area contributed by atoms with Gasteiger partial charge in [-0.05, 0) is 66.6 Å². The molecule has 0 aromatic heterocycles. The molecule has 10 heteroatoms. The molecule has 0 bridgehead atoms. The Morgan fingerprint density at radius 3 is 2.63 bits per heavy atom. The highest BCUT2D eigenvalue weighted by Gasteiger charge is 2.31. The zero-order valence-electron chi connectivity index (χ0n) is 19.7. The minimum absolute atomic E-state index is 0.132. The van der Waals surface area contributed by atoms with Crippen molar-refractivity contribution in [2.24, 2.45) is 5.92 Å². The van der Waals surface area contributed by atoms with Crippen LogP contribution in [0.25, 0.3) is 0 Å². The van der Waals surface area contributed by atoms with Crippen molar-refractivity contribution in [2.45, 2.75) is 44.0 Å². The normalized spacial score (nSPS) is 18.4. The standard InChI is InChI=1S/C25H29N3O6S/c1-17-8-10-27(11-9-17)35(31,32)20-4-5-21-19(13-20)3-7-25(30)28(21)15-24(29)26-14-18-2-6-22-23(12-18)34-16-33-22/h2,4-6,12-13,17H,3,7-11,14-16H2,1H3,(H,26,29). The molecule has 9 nitrogen and oxygen atoms in total. The molecule has 1 fully saturated rings. The molecule has 2 aromatic carbocycles. The second kappa shape index (κ2) is 9.50. The van der Waals surface area contributed by atoms with Crippen LogP contribution >= 0.6 is 0 Å². The number of piperidine rings is 1. The van der Waals surface area contributed by atoms with Gasteiger partial charge in [-0.15, -0.1) is 0 Å². The smallest absolute Gasteiger partial charge is 0.243 e. The first kappa shape index (κ1) is 23.6. The van der Waals surface area contributed by atoms with Gasteiger partial charge in [-0.3, -0.25) is 9.59 Å². The van der Waals surface area contributed by atoms with Gasteiger partial charge in [0.2, 0.25) is 28.6 Å². The molecule has 3 aliphatic heterocycles. The summed E-state index contributed by atoms with van der Waals surface area (Å²) in [5.74, 6) is 1.38. The first-order valence-electron chi connectivity index (χ1n) is 11.9. The maximum Gasteiger partial charge on any atom is 0.243 e. The van der Waals surface area contributed by atoms with E-state index in [1.807, 2.05) is 12.1 Å². The molecular weight excluding hydrogens is 470 g/mol. The number of amides is 2. The minimum atomic E-state index is -3.59. The van der Waals surface area contributed by atoms with Gasteiger partial charge in [-0.25, -0.2) is 8.42 Å². The Morgan fingerprint density at radius 1 is 1.06 bits per heavy atom. The van der Waals surface area contributed by atoms with Gasteiger partial charge in [-0.2, -0.15) is 4.31 Å². The zero-order chi connectivity index (χ0) is 24.6. The van der Waals surface area contributed by atoms with Crippen molar-refractivity contribution in [3.05, 3.63) is 47.5 Å². The Morgan fingerprint density at radius 2 is 1.83 bits per heavy atom. The first-order valence-corrected chi connectivity index (χ1v) is 13.3. The highest BCUT2D eigenvalue weighted by molar-refractivity contribution is 7.89. The zero-order valence-corrected chi connectivity index (χ0v) is 20.5. The largest absolute Gasteiger partial charge is 0.454 e. The van der Waals surface area contributed by atoms with E-state index in [1.165, 1.54) is 4.90 Å². The molecule has 1 N–H and O–H groups in total. The fourth-order valence-electron chi connectivity index (χ4n) is 4.70. The lowest BCUT2D eigenvalue weighted by Gasteiger charge is -2.31. The number of rotatable bonds is 6. The predicted molar refractivity (Wildman–Crippen MR) is 129 cm³/mol. The average Bonchev–Trinajstić information content (AvgIpc) is 3.32. The van der Waals surface area contributed by atoms with E-state index in [2.05, 4.69) is 12.2 Å². The lowest BCUT2D eigenvalue weighted by Crippen LogP contribution is -2.43. The molecule has 0 unspecified atom stereocenters. The molecule has 5 rings (SSSR count). The van der Waals surface area contributed by atoms with E-state index in [9.17, 15) is 18.0 Å². The number of nitrogens with one attached hydrogen (secondary N) is 1. The third kappa shape index (κ3) is 4.85. The Kier molecular flexibility index (Phi) is 6.41. The molecule has 1 saturated heterocycles. The number of carbonyl (C=O) groups is 2. The van der Waals surface area contributed by atoms with Gasteiger partial charge in [0, 0.05) is 31.7 Å². The van der Waals surface area contributed by atoms with E-state index in [1.54, 1.807) is 28.6 Å². The van der Waals surface area contributed by atoms with Crippen LogP contribution < -0.4 is 19.7 Å². The fourth-order valence-corrected chi connectivity index (χ4v) is 6.22. The quantitative estimate of drug-likeness (QED) is 0.655. The van der Waals surface area contributed by atoms with E-state index >= 15 is 0 Å². The number of anilines is 1. The molecule has 0 atom stereocenters. The number of hydrogen-bond acceptors (Lipinski definition) is 6. The number of nitrogens with zero attached hydrogens (tertiary/aromatic N) is 2. The van der Waals surface area contributed by atoms with Crippen LogP contribution in [-0.4, -0.2) is 51.0 Å². The van der Waals surface area contributed by atoms with Crippen LogP contribution in [0, 0.1) is 5.92 Å². The predicted octanol–water partition coefficient (Wildman–Crippen LogP) is 2.43. The van der Waals surface area contributed by atoms with Gasteiger partial charge in [0.1, 0.15) is 6.54 Å². The average molecular weight is 500 g/mol. The second-order valence-corrected chi connectivity index (χ2v) is 11.3. The number of sulfonamides is 1. The number of ether oxygens (including phenoxy) is 2. The summed E-state index contributed by atoms with van der Waals surface area (Å²) in [5, 5.41) is 2.84. The maximum absolute atomic E-state index is 13.2. The highest BCUT2D eigenvalue weighted by atomic mass is 32.2. The number of aryl methyl sites for hydroxylation is 1. The molecule has 2 aromatic rings. The van der Waals surface area contributed by atoms with Gasteiger partial charge in [0.25, 0.3) is 0 Å². The van der Waals surface area contributed by atoms with E-state index < -0.39 is 10.0 Å². The summed E-state index contributed by atoms with van der Waals surface area (Å²) in [4.78, 5) is 27.0. The number of hydrogen-bond donors (Lipinski definition) is 1. The summed E-state index contributed by atoms with van der Waals surface area (Å²) in [5.41, 5.74) is 2.21. The van der Waals surface area contributed by atoms with Crippen molar-refractivity contribution < 1.29 is 27.5 Å². The van der Waals surface area contributed by atoms with Crippen LogP contribution in [0.2, 0.25) is 0 Å². The molecule has 3 aliphatic rings. The monoisotopic (exact) mass is 499 g/mol. The molecular formula is C25H29N3O6S. The van der Waals surface area contributed by atoms with Crippen LogP contribution in [-0.2, 0) is 32.6 Å². The van der Waals surface area contributed by atoms with Crippen LogP contribution in [0.1, 0.15) is 37.3 Å². The van der Waals surface area contributed by atoms with Crippen molar-refractivity contribution in [3.63, 3.8) is 0 Å². The van der Waals surface area contributed by atoms with Gasteiger partial charge < -0.3 is 19.7 Å². The van der Waals surface area contributed by atoms with Gasteiger partial charge in [0.05, 0.1) is 4.90 Å². The third-order valence-electron chi connectivity index (χ3n) is 6.86. The lowest BCUT2D eigenvalue weighted by molar-refractivity contribution is -0.124. The van der Waals surface area contributed by atoms with Crippen molar-refractivity contribution >= 4 is 27.5 Å². The van der Waals surface area contributed by atoms with E-state index in [0.717, 1.165) is 24.0 Å². The molecule has 186 valence electrons. The van der Waals surface area contributed by atoms with Crippen LogP contribution in [0.5, 0.6) is 11.5 Å². The van der Waals surface area contributed by atoms with Gasteiger partial charge in [0.15, 0.2) is 11.5 Å². The Bertz CT molecular complexity index is 1250. The Labute approximate surface area is 205 Å². The van der Waals surface area contributed by atoms with Crippen molar-refractivity contribution in [2.75, 3.05) is 31.3 Å². The van der Waals surface area contributed by atoms with Crippen molar-refractivity contribution in [1.82, 2.24) is 9.62 Å². The van der Waals surface area contributed by atoms with E-state index in [-0.39, 0.29) is 43.0 Å². The number of benzene rings is 2. The molecule has 3 heterocycles. The van der Waals surface area contributed by atoms with E-state index in [0.29, 0.717) is 42.6 Å². The molecule has 0 radical (unpaired) electrons. The highest BCUT2D eigenvalue weighted by Crippen LogP contribution is 2.33. The molecule has 2 amide bonds. The molecule has 0 aliphatic carbocycles. The van der Waals surface area contributed by atoms with Gasteiger partial charge in [-0.1, -0.05) is 13.0 Å². The first-order chi connectivity index (χ1) is 16.8. The lowest BCUT2D eigenvalue weighted by atomic mass is 10.0. The topological polar surface area (TPSA) is 105 Å². The summed E-state index contributed by atoms with van der Waals surface area (Å²) in [6.45, 7) is 3.52. The third-order valence-corrected chi connectivity index (χ3v) is 8.75. The summed E-state index contributed by atoms with van der Waals surface area (Å²) >= 11 is 0. The van der Waals surface area contributed by atoms with Gasteiger partial charge >= 0.3 is 0 Å². The van der Waals surface area contributed by atoms with Crippen LogP contribution in [0.4, 0.5) is 5.69 Å². The number of fused-ring (bicyclic) bond motifs is 2. The second-order valence-electron chi connectivity index (χ2n) is 9.32.